The maximum absolute atomic E-state index is 12.0. The Kier molecular flexibility index (Phi) is 8.19. The summed E-state index contributed by atoms with van der Waals surface area (Å²) in [6.07, 6.45) is 0.755. The van der Waals surface area contributed by atoms with Crippen molar-refractivity contribution in [2.45, 2.75) is 29.6 Å². The van der Waals surface area contributed by atoms with Gasteiger partial charge in [-0.3, -0.25) is 9.59 Å². The van der Waals surface area contributed by atoms with E-state index in [2.05, 4.69) is 0 Å². The molecule has 0 N–H and O–H groups in total. The van der Waals surface area contributed by atoms with Gasteiger partial charge in [0.25, 0.3) is 0 Å². The Hall–Kier alpha value is -1.62. The van der Waals surface area contributed by atoms with Crippen molar-refractivity contribution in [2.24, 2.45) is 0 Å². The number of Topliss-reactive ketones (excluding diaryl/α,β-unsaturated/α-hetero) is 2. The highest BCUT2D eigenvalue weighted by Crippen LogP contribution is 2.28. The van der Waals surface area contributed by atoms with Crippen LogP contribution >= 0.6 is 23.4 Å². The molecular formula is C20H21ClO3S. The molecule has 2 aromatic rings. The van der Waals surface area contributed by atoms with Crippen molar-refractivity contribution in [3.05, 3.63) is 59.7 Å². The summed E-state index contributed by atoms with van der Waals surface area (Å²) >= 11 is 7.19. The minimum absolute atomic E-state index is 0.0569. The average molecular weight is 377 g/mol. The first-order valence-corrected chi connectivity index (χ1v) is 9.57. The minimum Gasteiger partial charge on any atom is -0.381 e. The first-order chi connectivity index (χ1) is 12.1. The fourth-order valence-electron chi connectivity index (χ4n) is 2.24. The Morgan fingerprint density at radius 1 is 0.880 bits per heavy atom. The zero-order valence-corrected chi connectivity index (χ0v) is 15.7. The topological polar surface area (TPSA) is 43.4 Å². The zero-order valence-electron chi connectivity index (χ0n) is 14.2. The smallest absolute Gasteiger partial charge is 0.165 e. The van der Waals surface area contributed by atoms with Gasteiger partial charge in [-0.25, -0.2) is 0 Å². The number of hydrogen-bond acceptors (Lipinski definition) is 4. The summed E-state index contributed by atoms with van der Waals surface area (Å²) < 4.78 is 5.21. The second-order valence-electron chi connectivity index (χ2n) is 5.38. The standard InChI is InChI=1S/C20H21ClO3S/c1-2-24-14-12-20(23)16-5-9-18(10-6-16)25-17-7-3-15(4-8-17)19(22)11-13-21/h3-10H,2,11-14H2,1H3. The SMILES string of the molecule is CCOCCC(=O)c1ccc(Sc2ccc(C(=O)CCCl)cc2)cc1. The summed E-state index contributed by atoms with van der Waals surface area (Å²) in [4.78, 5) is 25.9. The van der Waals surface area contributed by atoms with Gasteiger partial charge in [-0.2, -0.15) is 0 Å². The van der Waals surface area contributed by atoms with Gasteiger partial charge in [0, 0.05) is 46.2 Å². The summed E-state index contributed by atoms with van der Waals surface area (Å²) in [6, 6.07) is 15.0. The molecule has 132 valence electrons. The molecule has 0 fully saturated rings. The van der Waals surface area contributed by atoms with Gasteiger partial charge in [-0.1, -0.05) is 36.0 Å². The highest BCUT2D eigenvalue weighted by atomic mass is 35.5. The predicted molar refractivity (Wildman–Crippen MR) is 102 cm³/mol. The van der Waals surface area contributed by atoms with E-state index in [0.717, 1.165) is 9.79 Å². The Morgan fingerprint density at radius 2 is 1.36 bits per heavy atom. The van der Waals surface area contributed by atoms with E-state index in [9.17, 15) is 9.59 Å². The van der Waals surface area contributed by atoms with Crippen LogP contribution < -0.4 is 0 Å². The van der Waals surface area contributed by atoms with Crippen molar-refractivity contribution in [3.8, 4) is 0 Å². The van der Waals surface area contributed by atoms with Gasteiger partial charge in [0.15, 0.2) is 11.6 Å². The van der Waals surface area contributed by atoms with Crippen LogP contribution in [0.3, 0.4) is 0 Å². The molecule has 0 saturated carbocycles. The number of ketones is 2. The van der Waals surface area contributed by atoms with E-state index in [0.29, 0.717) is 43.1 Å². The normalized spacial score (nSPS) is 10.6. The Balaban J connectivity index is 1.94. The number of ether oxygens (including phenoxy) is 1. The van der Waals surface area contributed by atoms with Crippen molar-refractivity contribution >= 4 is 34.9 Å². The van der Waals surface area contributed by atoms with Gasteiger partial charge in [0.1, 0.15) is 0 Å². The molecule has 0 saturated heterocycles. The monoisotopic (exact) mass is 376 g/mol. The lowest BCUT2D eigenvalue weighted by atomic mass is 10.1. The first kappa shape index (κ1) is 19.7. The van der Waals surface area contributed by atoms with Crippen LogP contribution in [0.4, 0.5) is 0 Å². The lowest BCUT2D eigenvalue weighted by Gasteiger charge is -2.05. The van der Waals surface area contributed by atoms with Gasteiger partial charge in [0.05, 0.1) is 6.61 Å². The molecule has 0 aliphatic rings. The molecule has 0 heterocycles. The Bertz CT molecular complexity index is 696. The Morgan fingerprint density at radius 3 is 1.80 bits per heavy atom. The summed E-state index contributed by atoms with van der Waals surface area (Å²) in [7, 11) is 0. The van der Waals surface area contributed by atoms with Crippen molar-refractivity contribution in [1.29, 1.82) is 0 Å². The van der Waals surface area contributed by atoms with Crippen LogP contribution in [0.25, 0.3) is 0 Å². The van der Waals surface area contributed by atoms with Crippen molar-refractivity contribution in [3.63, 3.8) is 0 Å². The number of carbonyl (C=O) groups is 2. The molecule has 2 aromatic carbocycles. The highest BCUT2D eigenvalue weighted by molar-refractivity contribution is 7.99. The largest absolute Gasteiger partial charge is 0.381 e. The molecule has 0 aromatic heterocycles. The van der Waals surface area contributed by atoms with E-state index in [1.807, 2.05) is 55.5 Å². The van der Waals surface area contributed by atoms with Gasteiger partial charge < -0.3 is 4.74 Å². The predicted octanol–water partition coefficient (Wildman–Crippen LogP) is 5.26. The van der Waals surface area contributed by atoms with Crippen LogP contribution in [0, 0.1) is 0 Å². The van der Waals surface area contributed by atoms with Gasteiger partial charge in [0.2, 0.25) is 0 Å². The fourth-order valence-corrected chi connectivity index (χ4v) is 3.23. The molecule has 0 atom stereocenters. The molecule has 5 heteroatoms. The van der Waals surface area contributed by atoms with Crippen LogP contribution in [0.2, 0.25) is 0 Å². The van der Waals surface area contributed by atoms with Crippen LogP contribution in [0.5, 0.6) is 0 Å². The summed E-state index contributed by atoms with van der Waals surface area (Å²) in [5.41, 5.74) is 1.38. The van der Waals surface area contributed by atoms with Crippen LogP contribution in [-0.2, 0) is 4.74 Å². The molecule has 0 bridgehead atoms. The van der Waals surface area contributed by atoms with E-state index in [4.69, 9.17) is 16.3 Å². The third-order valence-electron chi connectivity index (χ3n) is 3.59. The van der Waals surface area contributed by atoms with Crippen LogP contribution in [0.1, 0.15) is 40.5 Å². The van der Waals surface area contributed by atoms with Gasteiger partial charge >= 0.3 is 0 Å². The second kappa shape index (κ2) is 10.4. The van der Waals surface area contributed by atoms with E-state index >= 15 is 0 Å². The van der Waals surface area contributed by atoms with Gasteiger partial charge in [-0.15, -0.1) is 11.6 Å². The second-order valence-corrected chi connectivity index (χ2v) is 6.91. The van der Waals surface area contributed by atoms with E-state index in [-0.39, 0.29) is 11.6 Å². The molecule has 0 radical (unpaired) electrons. The third kappa shape index (κ3) is 6.31. The number of benzene rings is 2. The number of hydrogen-bond donors (Lipinski definition) is 0. The maximum Gasteiger partial charge on any atom is 0.165 e. The molecule has 0 spiro atoms. The zero-order chi connectivity index (χ0) is 18.1. The van der Waals surface area contributed by atoms with Crippen molar-refractivity contribution in [2.75, 3.05) is 19.1 Å². The van der Waals surface area contributed by atoms with E-state index in [1.54, 1.807) is 11.8 Å². The maximum atomic E-state index is 12.0. The molecule has 25 heavy (non-hydrogen) atoms. The average Bonchev–Trinajstić information content (AvgIpc) is 2.63. The molecule has 0 aliphatic heterocycles. The van der Waals surface area contributed by atoms with Crippen LogP contribution in [-0.4, -0.2) is 30.7 Å². The number of alkyl halides is 1. The lowest BCUT2D eigenvalue weighted by Crippen LogP contribution is -2.04. The molecule has 0 amide bonds. The van der Waals surface area contributed by atoms with Gasteiger partial charge in [-0.05, 0) is 31.2 Å². The highest BCUT2D eigenvalue weighted by Gasteiger charge is 2.07. The number of carbonyl (C=O) groups excluding carboxylic acids is 2. The Labute approximate surface area is 157 Å². The number of halogens is 1. The molecule has 2 rings (SSSR count). The van der Waals surface area contributed by atoms with E-state index < -0.39 is 0 Å². The number of rotatable bonds is 10. The van der Waals surface area contributed by atoms with Crippen molar-refractivity contribution < 1.29 is 14.3 Å². The first-order valence-electron chi connectivity index (χ1n) is 8.22. The van der Waals surface area contributed by atoms with Crippen LogP contribution in [0.15, 0.2) is 58.3 Å². The quantitative estimate of drug-likeness (QED) is 0.322. The summed E-state index contributed by atoms with van der Waals surface area (Å²) in [6.45, 7) is 3.00. The summed E-state index contributed by atoms with van der Waals surface area (Å²) in [5, 5.41) is 0. The molecule has 0 unspecified atom stereocenters. The molecule has 3 nitrogen and oxygen atoms in total. The van der Waals surface area contributed by atoms with Crippen molar-refractivity contribution in [1.82, 2.24) is 0 Å². The molecule has 0 aliphatic carbocycles. The lowest BCUT2D eigenvalue weighted by molar-refractivity contribution is 0.0895. The molecular weight excluding hydrogens is 356 g/mol. The fraction of sp³-hybridized carbons (Fsp3) is 0.300. The minimum atomic E-state index is 0.0569. The third-order valence-corrected chi connectivity index (χ3v) is 4.79. The summed E-state index contributed by atoms with van der Waals surface area (Å²) in [5.74, 6) is 0.485. The van der Waals surface area contributed by atoms with E-state index in [1.165, 1.54) is 0 Å².